The lowest BCUT2D eigenvalue weighted by atomic mass is 10.1. The highest BCUT2D eigenvalue weighted by Crippen LogP contribution is 2.26. The largest absolute Gasteiger partial charge is 0.289 e. The molecule has 0 saturated heterocycles. The lowest BCUT2D eigenvalue weighted by molar-refractivity contribution is 1.74. The minimum absolute atomic E-state index is 0.0627. The number of fused-ring (bicyclic) bond motifs is 2. The van der Waals surface area contributed by atoms with Crippen LogP contribution in [0.5, 0.6) is 0 Å². The van der Waals surface area contributed by atoms with Crippen molar-refractivity contribution in [1.82, 2.24) is 0 Å². The van der Waals surface area contributed by atoms with E-state index in [1.807, 2.05) is 36.4 Å². The lowest BCUT2D eigenvalue weighted by Crippen LogP contribution is -1.98. The summed E-state index contributed by atoms with van der Waals surface area (Å²) in [5.41, 5.74) is -0.0627. The van der Waals surface area contributed by atoms with E-state index in [9.17, 15) is 4.79 Å². The number of rotatable bonds is 0. The second-order valence-electron chi connectivity index (χ2n) is 4.10. The van der Waals surface area contributed by atoms with E-state index < -0.39 is 0 Å². The molecule has 88 valence electrons. The van der Waals surface area contributed by atoms with Gasteiger partial charge in [-0.05, 0) is 22.9 Å². The van der Waals surface area contributed by atoms with Crippen LogP contribution in [0.15, 0.2) is 53.3 Å². The molecular weight excluding hydrogens is 267 g/mol. The molecule has 0 spiro atoms. The van der Waals surface area contributed by atoms with Crippen molar-refractivity contribution >= 4 is 44.7 Å². The number of halogens is 2. The summed E-state index contributed by atoms with van der Waals surface area (Å²) in [7, 11) is 0. The summed E-state index contributed by atoms with van der Waals surface area (Å²) in [5.74, 6) is 0. The van der Waals surface area contributed by atoms with Crippen LogP contribution in [0, 0.1) is 0 Å². The molecule has 0 aromatic heterocycles. The van der Waals surface area contributed by atoms with Crippen molar-refractivity contribution in [3.05, 3.63) is 68.8 Å². The molecule has 18 heavy (non-hydrogen) atoms. The van der Waals surface area contributed by atoms with Gasteiger partial charge in [0.05, 0.1) is 5.02 Å². The van der Waals surface area contributed by atoms with Gasteiger partial charge in [0, 0.05) is 15.8 Å². The monoisotopic (exact) mass is 274 g/mol. The molecular formula is C15H8Cl2O. The van der Waals surface area contributed by atoms with Gasteiger partial charge in [-0.2, -0.15) is 0 Å². The molecule has 0 saturated carbocycles. The minimum Gasteiger partial charge on any atom is -0.289 e. The predicted octanol–water partition coefficient (Wildman–Crippen LogP) is 4.66. The van der Waals surface area contributed by atoms with Crippen LogP contribution < -0.4 is 5.43 Å². The van der Waals surface area contributed by atoms with Crippen molar-refractivity contribution in [2.75, 3.05) is 0 Å². The Hall–Kier alpha value is -1.57. The molecule has 0 amide bonds. The molecule has 0 aliphatic rings. The van der Waals surface area contributed by atoms with Crippen molar-refractivity contribution < 1.29 is 0 Å². The first kappa shape index (κ1) is 11.5. The van der Waals surface area contributed by atoms with Crippen LogP contribution in [0.4, 0.5) is 0 Å². The Bertz CT molecular complexity index is 825. The zero-order chi connectivity index (χ0) is 12.7. The summed E-state index contributed by atoms with van der Waals surface area (Å²) in [6.07, 6.45) is 0. The van der Waals surface area contributed by atoms with Gasteiger partial charge in [-0.15, -0.1) is 0 Å². The topological polar surface area (TPSA) is 17.1 Å². The van der Waals surface area contributed by atoms with Gasteiger partial charge in [0.2, 0.25) is 0 Å². The first-order valence-corrected chi connectivity index (χ1v) is 6.23. The molecule has 0 heterocycles. The van der Waals surface area contributed by atoms with Crippen LogP contribution in [-0.2, 0) is 0 Å². The van der Waals surface area contributed by atoms with Crippen LogP contribution in [0.25, 0.3) is 21.5 Å². The van der Waals surface area contributed by atoms with Crippen LogP contribution in [-0.4, -0.2) is 0 Å². The molecule has 0 bridgehead atoms. The Morgan fingerprint density at radius 1 is 0.833 bits per heavy atom. The first-order chi connectivity index (χ1) is 8.66. The van der Waals surface area contributed by atoms with Crippen LogP contribution >= 0.6 is 23.2 Å². The summed E-state index contributed by atoms with van der Waals surface area (Å²) in [6.45, 7) is 0. The third kappa shape index (κ3) is 1.76. The van der Waals surface area contributed by atoms with Gasteiger partial charge in [0.1, 0.15) is 0 Å². The van der Waals surface area contributed by atoms with Gasteiger partial charge < -0.3 is 0 Å². The van der Waals surface area contributed by atoms with Crippen LogP contribution in [0.3, 0.4) is 0 Å². The summed E-state index contributed by atoms with van der Waals surface area (Å²) in [4.78, 5) is 12.5. The molecule has 0 unspecified atom stereocenters. The fourth-order valence-corrected chi connectivity index (χ4v) is 2.72. The highest BCUT2D eigenvalue weighted by atomic mass is 35.5. The lowest BCUT2D eigenvalue weighted by Gasteiger charge is -1.97. The molecule has 0 N–H and O–H groups in total. The summed E-state index contributed by atoms with van der Waals surface area (Å²) in [5, 5.41) is 3.75. The summed E-state index contributed by atoms with van der Waals surface area (Å²) < 4.78 is 0. The van der Waals surface area contributed by atoms with Crippen molar-refractivity contribution in [3.8, 4) is 0 Å². The third-order valence-electron chi connectivity index (χ3n) is 2.96. The Morgan fingerprint density at radius 2 is 1.56 bits per heavy atom. The van der Waals surface area contributed by atoms with Crippen molar-refractivity contribution in [2.24, 2.45) is 0 Å². The normalized spacial score (nSPS) is 11.0. The quantitative estimate of drug-likeness (QED) is 0.583. The third-order valence-corrected chi connectivity index (χ3v) is 3.48. The molecule has 0 atom stereocenters. The van der Waals surface area contributed by atoms with E-state index in [1.54, 1.807) is 12.1 Å². The van der Waals surface area contributed by atoms with E-state index in [-0.39, 0.29) is 5.43 Å². The van der Waals surface area contributed by atoms with E-state index in [4.69, 9.17) is 23.2 Å². The second kappa shape index (κ2) is 4.27. The molecule has 0 aliphatic heterocycles. The Labute approximate surface area is 114 Å². The smallest absolute Gasteiger partial charge is 0.195 e. The van der Waals surface area contributed by atoms with E-state index >= 15 is 0 Å². The van der Waals surface area contributed by atoms with Gasteiger partial charge in [0.25, 0.3) is 0 Å². The standard InChI is InChI=1S/C15H8Cl2O/c16-11-7-10-6-5-9-3-1-2-4-12(9)15(18)14(10)13(17)8-11/h1-8H. The molecule has 1 nitrogen and oxygen atoms in total. The van der Waals surface area contributed by atoms with Gasteiger partial charge in [-0.25, -0.2) is 0 Å². The highest BCUT2D eigenvalue weighted by Gasteiger charge is 2.06. The maximum absolute atomic E-state index is 12.5. The van der Waals surface area contributed by atoms with Crippen LogP contribution in [0.2, 0.25) is 10.0 Å². The molecule has 3 aromatic rings. The van der Waals surface area contributed by atoms with Gasteiger partial charge in [0.15, 0.2) is 5.43 Å². The Morgan fingerprint density at radius 3 is 2.39 bits per heavy atom. The average molecular weight is 275 g/mol. The molecule has 0 radical (unpaired) electrons. The van der Waals surface area contributed by atoms with E-state index in [1.165, 1.54) is 0 Å². The van der Waals surface area contributed by atoms with Gasteiger partial charge >= 0.3 is 0 Å². The zero-order valence-corrected chi connectivity index (χ0v) is 10.8. The molecule has 0 fully saturated rings. The average Bonchev–Trinajstić information content (AvgIpc) is 2.48. The van der Waals surface area contributed by atoms with E-state index in [0.29, 0.717) is 20.8 Å². The molecule has 3 heteroatoms. The Balaban J connectivity index is 2.68. The zero-order valence-electron chi connectivity index (χ0n) is 9.28. The van der Waals surface area contributed by atoms with Gasteiger partial charge in [-0.3, -0.25) is 4.79 Å². The molecule has 0 aliphatic carbocycles. The second-order valence-corrected chi connectivity index (χ2v) is 4.95. The van der Waals surface area contributed by atoms with E-state index in [0.717, 1.165) is 10.8 Å². The molecule has 3 rings (SSSR count). The van der Waals surface area contributed by atoms with Crippen molar-refractivity contribution in [2.45, 2.75) is 0 Å². The maximum atomic E-state index is 12.5. The predicted molar refractivity (Wildman–Crippen MR) is 77.7 cm³/mol. The first-order valence-electron chi connectivity index (χ1n) is 5.47. The number of hydrogen-bond acceptors (Lipinski definition) is 1. The Kier molecular flexibility index (Phi) is 2.73. The van der Waals surface area contributed by atoms with Crippen molar-refractivity contribution in [3.63, 3.8) is 0 Å². The number of hydrogen-bond donors (Lipinski definition) is 0. The molecule has 3 aromatic carbocycles. The fourth-order valence-electron chi connectivity index (χ4n) is 2.13. The van der Waals surface area contributed by atoms with Crippen LogP contribution in [0.1, 0.15) is 0 Å². The summed E-state index contributed by atoms with van der Waals surface area (Å²) >= 11 is 12.1. The maximum Gasteiger partial charge on any atom is 0.195 e. The highest BCUT2D eigenvalue weighted by molar-refractivity contribution is 6.38. The summed E-state index contributed by atoms with van der Waals surface area (Å²) in [6, 6.07) is 14.6. The SMILES string of the molecule is O=c1c2ccccc2ccc2cc(Cl)cc(Cl)c12. The van der Waals surface area contributed by atoms with Gasteiger partial charge in [-0.1, -0.05) is 59.6 Å². The number of benzene rings is 2. The fraction of sp³-hybridized carbons (Fsp3) is 0. The van der Waals surface area contributed by atoms with E-state index in [2.05, 4.69) is 0 Å². The van der Waals surface area contributed by atoms with Crippen molar-refractivity contribution in [1.29, 1.82) is 0 Å². The minimum atomic E-state index is -0.0627.